The van der Waals surface area contributed by atoms with Gasteiger partial charge in [-0.25, -0.2) is 4.98 Å². The molecule has 0 aliphatic carbocycles. The summed E-state index contributed by atoms with van der Waals surface area (Å²) in [7, 11) is 0. The molecule has 0 aliphatic heterocycles. The zero-order valence-corrected chi connectivity index (χ0v) is 7.32. The molecule has 13 heavy (non-hydrogen) atoms. The van der Waals surface area contributed by atoms with Gasteiger partial charge in [-0.3, -0.25) is 0 Å². The van der Waals surface area contributed by atoms with Crippen LogP contribution in [0.25, 0.3) is 11.5 Å². The van der Waals surface area contributed by atoms with Gasteiger partial charge >= 0.3 is 0 Å². The lowest BCUT2D eigenvalue weighted by atomic mass is 10.2. The standard InChI is InChI=1S/C10H10N2O/c1-7-6-13-10(12-7)8-4-2-3-5-9(8)11/h2-6H,11H2,1H3. The third kappa shape index (κ3) is 1.40. The molecule has 3 nitrogen and oxygen atoms in total. The molecular formula is C10H10N2O. The average molecular weight is 174 g/mol. The van der Waals surface area contributed by atoms with Gasteiger partial charge in [-0.05, 0) is 19.1 Å². The average Bonchev–Trinajstić information content (AvgIpc) is 2.53. The van der Waals surface area contributed by atoms with Crippen LogP contribution in [0.15, 0.2) is 34.9 Å². The molecule has 0 saturated carbocycles. The fourth-order valence-corrected chi connectivity index (χ4v) is 1.17. The number of hydrogen-bond donors (Lipinski definition) is 1. The van der Waals surface area contributed by atoms with Crippen molar-refractivity contribution in [2.24, 2.45) is 0 Å². The van der Waals surface area contributed by atoms with Crippen molar-refractivity contribution in [3.63, 3.8) is 0 Å². The number of aromatic nitrogens is 1. The number of anilines is 1. The Labute approximate surface area is 76.2 Å². The Kier molecular flexibility index (Phi) is 1.77. The van der Waals surface area contributed by atoms with E-state index >= 15 is 0 Å². The summed E-state index contributed by atoms with van der Waals surface area (Å²) in [6.45, 7) is 1.88. The second kappa shape index (κ2) is 2.94. The van der Waals surface area contributed by atoms with Crippen molar-refractivity contribution in [2.75, 3.05) is 5.73 Å². The number of oxazole rings is 1. The zero-order valence-electron chi connectivity index (χ0n) is 7.32. The van der Waals surface area contributed by atoms with Crippen LogP contribution in [0.4, 0.5) is 5.69 Å². The summed E-state index contributed by atoms with van der Waals surface area (Å²) >= 11 is 0. The van der Waals surface area contributed by atoms with E-state index < -0.39 is 0 Å². The maximum Gasteiger partial charge on any atom is 0.228 e. The second-order valence-corrected chi connectivity index (χ2v) is 2.88. The minimum absolute atomic E-state index is 0.579. The third-order valence-electron chi connectivity index (χ3n) is 1.81. The topological polar surface area (TPSA) is 52.0 Å². The van der Waals surface area contributed by atoms with Crippen LogP contribution >= 0.6 is 0 Å². The summed E-state index contributed by atoms with van der Waals surface area (Å²) < 4.78 is 5.24. The molecule has 0 bridgehead atoms. The largest absolute Gasteiger partial charge is 0.444 e. The quantitative estimate of drug-likeness (QED) is 0.674. The highest BCUT2D eigenvalue weighted by atomic mass is 16.3. The Morgan fingerprint density at radius 3 is 2.69 bits per heavy atom. The van der Waals surface area contributed by atoms with E-state index in [0.717, 1.165) is 11.3 Å². The minimum Gasteiger partial charge on any atom is -0.444 e. The molecule has 0 spiro atoms. The Morgan fingerprint density at radius 1 is 1.31 bits per heavy atom. The summed E-state index contributed by atoms with van der Waals surface area (Å²) in [4.78, 5) is 4.20. The molecule has 0 saturated heterocycles. The highest BCUT2D eigenvalue weighted by Crippen LogP contribution is 2.24. The van der Waals surface area contributed by atoms with Gasteiger partial charge < -0.3 is 10.2 Å². The van der Waals surface area contributed by atoms with Crippen LogP contribution in [-0.2, 0) is 0 Å². The van der Waals surface area contributed by atoms with Crippen molar-refractivity contribution in [3.05, 3.63) is 36.2 Å². The zero-order chi connectivity index (χ0) is 9.26. The Morgan fingerprint density at radius 2 is 2.08 bits per heavy atom. The first-order valence-electron chi connectivity index (χ1n) is 4.04. The molecule has 1 aromatic carbocycles. The number of aryl methyl sites for hydroxylation is 1. The summed E-state index contributed by atoms with van der Waals surface area (Å²) in [5.74, 6) is 0.579. The van der Waals surface area contributed by atoms with Gasteiger partial charge in [-0.1, -0.05) is 12.1 Å². The molecular weight excluding hydrogens is 164 g/mol. The highest BCUT2D eigenvalue weighted by Gasteiger charge is 2.06. The van der Waals surface area contributed by atoms with E-state index in [0.29, 0.717) is 11.6 Å². The maximum absolute atomic E-state index is 5.76. The van der Waals surface area contributed by atoms with E-state index in [2.05, 4.69) is 4.98 Å². The van der Waals surface area contributed by atoms with E-state index in [-0.39, 0.29) is 0 Å². The first-order chi connectivity index (χ1) is 6.27. The molecule has 2 aromatic rings. The van der Waals surface area contributed by atoms with Crippen molar-refractivity contribution in [2.45, 2.75) is 6.92 Å². The molecule has 0 unspecified atom stereocenters. The summed E-state index contributed by atoms with van der Waals surface area (Å²) in [5, 5.41) is 0. The number of benzene rings is 1. The van der Waals surface area contributed by atoms with Crippen molar-refractivity contribution in [3.8, 4) is 11.5 Å². The molecule has 3 heteroatoms. The van der Waals surface area contributed by atoms with Gasteiger partial charge in [0, 0.05) is 5.69 Å². The van der Waals surface area contributed by atoms with Gasteiger partial charge in [0.2, 0.25) is 5.89 Å². The van der Waals surface area contributed by atoms with Crippen LogP contribution in [0.1, 0.15) is 5.69 Å². The van der Waals surface area contributed by atoms with Gasteiger partial charge in [0.05, 0.1) is 11.3 Å². The summed E-state index contributed by atoms with van der Waals surface area (Å²) in [6.07, 6.45) is 1.61. The lowest BCUT2D eigenvalue weighted by Gasteiger charge is -1.98. The lowest BCUT2D eigenvalue weighted by molar-refractivity contribution is 0.574. The van der Waals surface area contributed by atoms with E-state index in [1.165, 1.54) is 0 Å². The number of nitrogens with zero attached hydrogens (tertiary/aromatic N) is 1. The van der Waals surface area contributed by atoms with Crippen LogP contribution in [0, 0.1) is 6.92 Å². The minimum atomic E-state index is 0.579. The smallest absolute Gasteiger partial charge is 0.228 e. The predicted molar refractivity (Wildman–Crippen MR) is 51.1 cm³/mol. The highest BCUT2D eigenvalue weighted by molar-refractivity contribution is 5.70. The van der Waals surface area contributed by atoms with E-state index in [1.807, 2.05) is 31.2 Å². The van der Waals surface area contributed by atoms with Crippen molar-refractivity contribution >= 4 is 5.69 Å². The number of para-hydroxylation sites is 1. The number of nitrogens with two attached hydrogens (primary N) is 1. The Balaban J connectivity index is 2.52. The van der Waals surface area contributed by atoms with Crippen LogP contribution in [0.3, 0.4) is 0 Å². The van der Waals surface area contributed by atoms with Gasteiger partial charge in [-0.15, -0.1) is 0 Å². The van der Waals surface area contributed by atoms with Crippen LogP contribution < -0.4 is 5.73 Å². The first kappa shape index (κ1) is 7.86. The van der Waals surface area contributed by atoms with E-state index in [9.17, 15) is 0 Å². The van der Waals surface area contributed by atoms with Crippen LogP contribution in [0.2, 0.25) is 0 Å². The predicted octanol–water partition coefficient (Wildman–Crippen LogP) is 2.23. The van der Waals surface area contributed by atoms with Gasteiger partial charge in [0.1, 0.15) is 6.26 Å². The van der Waals surface area contributed by atoms with E-state index in [1.54, 1.807) is 6.26 Å². The second-order valence-electron chi connectivity index (χ2n) is 2.88. The van der Waals surface area contributed by atoms with Crippen molar-refractivity contribution in [1.82, 2.24) is 4.98 Å². The molecule has 2 N–H and O–H groups in total. The maximum atomic E-state index is 5.76. The van der Waals surface area contributed by atoms with Gasteiger partial charge in [0.25, 0.3) is 0 Å². The molecule has 1 heterocycles. The molecule has 66 valence electrons. The Hall–Kier alpha value is -1.77. The fourth-order valence-electron chi connectivity index (χ4n) is 1.17. The SMILES string of the molecule is Cc1coc(-c2ccccc2N)n1. The molecule has 0 radical (unpaired) electrons. The fraction of sp³-hybridized carbons (Fsp3) is 0.100. The Bertz CT molecular complexity index is 420. The van der Waals surface area contributed by atoms with Crippen LogP contribution in [0.5, 0.6) is 0 Å². The van der Waals surface area contributed by atoms with Gasteiger partial charge in [0.15, 0.2) is 0 Å². The lowest BCUT2D eigenvalue weighted by Crippen LogP contribution is -1.88. The molecule has 1 aromatic heterocycles. The third-order valence-corrected chi connectivity index (χ3v) is 1.81. The molecule has 2 rings (SSSR count). The normalized spacial score (nSPS) is 10.2. The molecule has 0 aliphatic rings. The van der Waals surface area contributed by atoms with Crippen molar-refractivity contribution < 1.29 is 4.42 Å². The first-order valence-corrected chi connectivity index (χ1v) is 4.04. The number of hydrogen-bond acceptors (Lipinski definition) is 3. The van der Waals surface area contributed by atoms with Gasteiger partial charge in [-0.2, -0.15) is 0 Å². The monoisotopic (exact) mass is 174 g/mol. The molecule has 0 atom stereocenters. The number of nitrogen functional groups attached to an aromatic ring is 1. The van der Waals surface area contributed by atoms with Crippen molar-refractivity contribution in [1.29, 1.82) is 0 Å². The summed E-state index contributed by atoms with van der Waals surface area (Å²) in [6, 6.07) is 7.51. The molecule has 0 amide bonds. The van der Waals surface area contributed by atoms with E-state index in [4.69, 9.17) is 10.2 Å². The number of rotatable bonds is 1. The summed E-state index contributed by atoms with van der Waals surface area (Å²) in [5.41, 5.74) is 8.15. The molecule has 0 fully saturated rings. The van der Waals surface area contributed by atoms with Crippen LogP contribution in [-0.4, -0.2) is 4.98 Å².